The van der Waals surface area contributed by atoms with Gasteiger partial charge < -0.3 is 22.5 Å². The fourth-order valence-corrected chi connectivity index (χ4v) is 2.00. The van der Waals surface area contributed by atoms with E-state index in [2.05, 4.69) is 0 Å². The van der Waals surface area contributed by atoms with Crippen molar-refractivity contribution >= 4 is 15.9 Å². The zero-order valence-electron chi connectivity index (χ0n) is 9.01. The van der Waals surface area contributed by atoms with Crippen molar-refractivity contribution in [2.45, 2.75) is 6.10 Å². The number of benzene rings is 1. The number of methoxy groups -OCH3 is 1. The van der Waals surface area contributed by atoms with Crippen LogP contribution in [0.25, 0.3) is 0 Å². The summed E-state index contributed by atoms with van der Waals surface area (Å²) in [5, 5.41) is 0. The van der Waals surface area contributed by atoms with Crippen molar-refractivity contribution < 1.29 is 22.5 Å². The van der Waals surface area contributed by atoms with Crippen LogP contribution in [0.4, 0.5) is 0 Å². The Morgan fingerprint density at radius 2 is 2.12 bits per heavy atom. The Morgan fingerprint density at radius 1 is 1.38 bits per heavy atom. The lowest BCUT2D eigenvalue weighted by Gasteiger charge is -2.13. The highest BCUT2D eigenvalue weighted by Crippen LogP contribution is 2.26. The molecule has 1 unspecified atom stereocenters. The van der Waals surface area contributed by atoms with Crippen LogP contribution in [0.15, 0.2) is 24.3 Å². The van der Waals surface area contributed by atoms with E-state index in [1.54, 1.807) is 7.11 Å². The number of hydrogen-bond donors (Lipinski definition) is 0. The van der Waals surface area contributed by atoms with Crippen LogP contribution in [0.5, 0.6) is 11.5 Å². The fourth-order valence-electron chi connectivity index (χ4n) is 1.31. The zero-order chi connectivity index (χ0) is 10.5. The molecule has 1 aliphatic heterocycles. The van der Waals surface area contributed by atoms with Gasteiger partial charge in [0, 0.05) is 6.61 Å². The molecule has 5 nitrogen and oxygen atoms in total. The van der Waals surface area contributed by atoms with Gasteiger partial charge >= 0.3 is 15.9 Å². The molecule has 87 valence electrons. The Balaban J connectivity index is 0.00000128. The van der Waals surface area contributed by atoms with E-state index in [1.807, 2.05) is 24.3 Å². The van der Waals surface area contributed by atoms with Gasteiger partial charge in [-0.15, -0.1) is 0 Å². The highest BCUT2D eigenvalue weighted by Gasteiger charge is 2.19. The number of hydrogen-bond acceptors (Lipinski definition) is 4. The van der Waals surface area contributed by atoms with Gasteiger partial charge in [-0.05, 0) is 12.1 Å². The molecule has 2 N–H and O–H groups in total. The molecule has 1 aromatic rings. The summed E-state index contributed by atoms with van der Waals surface area (Å²) < 4.78 is 21.3. The van der Waals surface area contributed by atoms with E-state index in [-0.39, 0.29) is 27.5 Å². The molecule has 1 aromatic carbocycles. The maximum absolute atomic E-state index is 5.60. The van der Waals surface area contributed by atoms with Gasteiger partial charge in [-0.3, -0.25) is 0 Å². The molecule has 0 amide bonds. The molecule has 2 rings (SSSR count). The van der Waals surface area contributed by atoms with Crippen LogP contribution < -0.4 is 9.47 Å². The van der Waals surface area contributed by atoms with Gasteiger partial charge in [0.1, 0.15) is 6.61 Å². The van der Waals surface area contributed by atoms with E-state index in [4.69, 9.17) is 17.1 Å². The predicted octanol–water partition coefficient (Wildman–Crippen LogP) is 0.199. The van der Waals surface area contributed by atoms with Crippen molar-refractivity contribution in [3.8, 4) is 11.5 Å². The minimum absolute atomic E-state index is 0. The van der Waals surface area contributed by atoms with Gasteiger partial charge in [0.05, 0.1) is 13.2 Å². The minimum atomic E-state index is -0.294. The summed E-state index contributed by atoms with van der Waals surface area (Å²) in [4.78, 5) is 0. The summed E-state index contributed by atoms with van der Waals surface area (Å²) in [7, 11) is 1.63. The second kappa shape index (κ2) is 6.74. The normalized spacial score (nSPS) is 18.4. The number of para-hydroxylation sites is 2. The van der Waals surface area contributed by atoms with E-state index < -0.39 is 0 Å². The van der Waals surface area contributed by atoms with E-state index in [1.165, 1.54) is 0 Å². The smallest absolute Gasteiger partial charge is 0.493 e. The third-order valence-corrected chi connectivity index (χ3v) is 2.92. The zero-order valence-corrected chi connectivity index (χ0v) is 10.2. The molecule has 0 bridgehead atoms. The largest absolute Gasteiger partial charge is 0.668 e. The van der Waals surface area contributed by atoms with E-state index >= 15 is 0 Å². The Hall–Kier alpha value is -0.768. The van der Waals surface area contributed by atoms with Crippen molar-refractivity contribution in [1.29, 1.82) is 0 Å². The summed E-state index contributed by atoms with van der Waals surface area (Å²) in [5.74, 6) is 1.48. The van der Waals surface area contributed by atoms with Gasteiger partial charge in [-0.25, -0.2) is 0 Å². The van der Waals surface area contributed by atoms with Crippen molar-refractivity contribution in [2.75, 3.05) is 20.3 Å². The monoisotopic (exact) mass is 241 g/mol. The van der Waals surface area contributed by atoms with E-state index in [9.17, 15) is 0 Å². The quantitative estimate of drug-likeness (QED) is 0.706. The molecule has 1 fully saturated rings. The first kappa shape index (κ1) is 13.3. The molecule has 0 aromatic heterocycles. The molecule has 1 aliphatic rings. The molecular weight excluding hydrogens is 227 g/mol. The summed E-state index contributed by atoms with van der Waals surface area (Å²) in [6, 6.07) is 7.56. The average molecular weight is 241 g/mol. The van der Waals surface area contributed by atoms with Gasteiger partial charge in [0.25, 0.3) is 0 Å². The lowest BCUT2D eigenvalue weighted by Crippen LogP contribution is -2.20. The van der Waals surface area contributed by atoms with Gasteiger partial charge in [0.15, 0.2) is 11.5 Å². The highest BCUT2D eigenvalue weighted by molar-refractivity contribution is 6.18. The fraction of sp³-hybridized carbons (Fsp3) is 0.400. The molecule has 1 heterocycles. The van der Waals surface area contributed by atoms with Crippen LogP contribution in [0, 0.1) is 0 Å². The third-order valence-electron chi connectivity index (χ3n) is 2.09. The SMILES string of the molecule is COc1ccccc1OCC1C[O][Al][O]1.O. The molecule has 6 heteroatoms. The van der Waals surface area contributed by atoms with Gasteiger partial charge in [0.2, 0.25) is 0 Å². The van der Waals surface area contributed by atoms with Crippen LogP contribution in [0.2, 0.25) is 0 Å². The van der Waals surface area contributed by atoms with Crippen LogP contribution in [-0.2, 0) is 7.58 Å². The third kappa shape index (κ3) is 3.37. The molecule has 16 heavy (non-hydrogen) atoms. The van der Waals surface area contributed by atoms with Crippen molar-refractivity contribution in [2.24, 2.45) is 0 Å². The first-order valence-corrected chi connectivity index (χ1v) is 5.69. The second-order valence-corrected chi connectivity index (χ2v) is 3.95. The maximum Gasteiger partial charge on any atom is 0.668 e. The first-order chi connectivity index (χ1) is 7.40. The molecule has 0 saturated carbocycles. The molecule has 0 spiro atoms. The van der Waals surface area contributed by atoms with Gasteiger partial charge in [-0.2, -0.15) is 0 Å². The topological polar surface area (TPSA) is 68.4 Å². The summed E-state index contributed by atoms with van der Waals surface area (Å²) in [6.07, 6.45) is 0.0601. The van der Waals surface area contributed by atoms with Crippen molar-refractivity contribution in [3.05, 3.63) is 24.3 Å². The summed E-state index contributed by atoms with van der Waals surface area (Å²) in [5.41, 5.74) is 0. The maximum atomic E-state index is 5.60. The van der Waals surface area contributed by atoms with E-state index in [0.29, 0.717) is 13.2 Å². The lowest BCUT2D eigenvalue weighted by molar-refractivity contribution is 0.146. The van der Waals surface area contributed by atoms with E-state index in [0.717, 1.165) is 11.5 Å². The van der Waals surface area contributed by atoms with Crippen LogP contribution in [-0.4, -0.2) is 47.8 Å². The first-order valence-electron chi connectivity index (χ1n) is 4.74. The minimum Gasteiger partial charge on any atom is -0.493 e. The standard InChI is InChI=1S/C10H12O4.Al.H2O/c1-13-9-4-2-3-5-10(9)14-7-8(12)6-11;;/h2-5,8H,6-7H2,1H3;;1H2/q-2;+2;. The average Bonchev–Trinajstić information content (AvgIpc) is 2.79. The van der Waals surface area contributed by atoms with Crippen LogP contribution >= 0.6 is 0 Å². The molecular formula is C10H14AlO5. The van der Waals surface area contributed by atoms with Crippen molar-refractivity contribution in [1.82, 2.24) is 0 Å². The summed E-state index contributed by atoms with van der Waals surface area (Å²) in [6.45, 7) is 1.14. The van der Waals surface area contributed by atoms with Crippen LogP contribution in [0.1, 0.15) is 0 Å². The predicted molar refractivity (Wildman–Crippen MR) is 58.7 cm³/mol. The Kier molecular flexibility index (Phi) is 5.60. The molecule has 1 atom stereocenters. The molecule has 0 aliphatic carbocycles. The lowest BCUT2D eigenvalue weighted by atomic mass is 10.3. The van der Waals surface area contributed by atoms with Gasteiger partial charge in [-0.1, -0.05) is 12.1 Å². The Morgan fingerprint density at radius 3 is 2.75 bits per heavy atom. The summed E-state index contributed by atoms with van der Waals surface area (Å²) >= 11 is -0.294. The number of ether oxygens (including phenoxy) is 2. The molecule has 1 radical (unpaired) electrons. The molecule has 1 saturated heterocycles. The Labute approximate surface area is 101 Å². The van der Waals surface area contributed by atoms with Crippen LogP contribution in [0.3, 0.4) is 0 Å². The highest BCUT2D eigenvalue weighted by atomic mass is 27.2. The number of rotatable bonds is 4. The second-order valence-electron chi connectivity index (χ2n) is 3.15. The Bertz CT molecular complexity index is 314. The van der Waals surface area contributed by atoms with Crippen molar-refractivity contribution in [3.63, 3.8) is 0 Å².